The number of amides is 2. The van der Waals surface area contributed by atoms with Crippen molar-refractivity contribution in [2.45, 2.75) is 18.9 Å². The lowest BCUT2D eigenvalue weighted by Gasteiger charge is -2.23. The van der Waals surface area contributed by atoms with Crippen LogP contribution in [0.1, 0.15) is 12.8 Å². The van der Waals surface area contributed by atoms with E-state index in [9.17, 15) is 18.4 Å². The summed E-state index contributed by atoms with van der Waals surface area (Å²) in [6, 6.07) is 9.70. The van der Waals surface area contributed by atoms with Gasteiger partial charge in [0.25, 0.3) is 0 Å². The highest BCUT2D eigenvalue weighted by Crippen LogP contribution is 2.21. The topological polar surface area (TPSA) is 70.7 Å². The highest BCUT2D eigenvalue weighted by Gasteiger charge is 2.32. The SMILES string of the molecule is COc1ccc(NC(=O)[C@H]2CCCN2CC(=O)Nc2ccc(F)c(F)c2)cc1. The third-order valence-corrected chi connectivity index (χ3v) is 4.57. The Kier molecular flexibility index (Phi) is 6.20. The Morgan fingerprint density at radius 1 is 1.07 bits per heavy atom. The molecule has 1 saturated heterocycles. The third-order valence-electron chi connectivity index (χ3n) is 4.57. The molecule has 0 aliphatic carbocycles. The zero-order chi connectivity index (χ0) is 20.1. The molecule has 3 rings (SSSR count). The molecule has 0 bridgehead atoms. The van der Waals surface area contributed by atoms with Gasteiger partial charge in [0, 0.05) is 17.4 Å². The molecular formula is C20H21F2N3O3. The summed E-state index contributed by atoms with van der Waals surface area (Å²) >= 11 is 0. The van der Waals surface area contributed by atoms with Crippen molar-refractivity contribution in [3.8, 4) is 5.75 Å². The molecule has 28 heavy (non-hydrogen) atoms. The van der Waals surface area contributed by atoms with E-state index in [1.54, 1.807) is 36.3 Å². The molecule has 0 aromatic heterocycles. The largest absolute Gasteiger partial charge is 0.497 e. The predicted octanol–water partition coefficient (Wildman–Crippen LogP) is 3.02. The summed E-state index contributed by atoms with van der Waals surface area (Å²) in [7, 11) is 1.56. The highest BCUT2D eigenvalue weighted by molar-refractivity contribution is 5.96. The first-order valence-electron chi connectivity index (χ1n) is 8.90. The molecule has 2 aromatic carbocycles. The first kappa shape index (κ1) is 19.8. The van der Waals surface area contributed by atoms with Crippen molar-refractivity contribution >= 4 is 23.2 Å². The maximum absolute atomic E-state index is 13.3. The van der Waals surface area contributed by atoms with Crippen LogP contribution in [0.5, 0.6) is 5.75 Å². The van der Waals surface area contributed by atoms with Gasteiger partial charge in [-0.1, -0.05) is 0 Å². The Bertz CT molecular complexity index is 858. The summed E-state index contributed by atoms with van der Waals surface area (Å²) in [6.45, 7) is 0.589. The quantitative estimate of drug-likeness (QED) is 0.797. The van der Waals surface area contributed by atoms with Crippen molar-refractivity contribution in [2.75, 3.05) is 30.8 Å². The van der Waals surface area contributed by atoms with E-state index in [-0.39, 0.29) is 18.1 Å². The van der Waals surface area contributed by atoms with Crippen LogP contribution in [0.3, 0.4) is 0 Å². The molecule has 0 unspecified atom stereocenters. The Morgan fingerprint density at radius 2 is 1.79 bits per heavy atom. The van der Waals surface area contributed by atoms with Gasteiger partial charge in [-0.3, -0.25) is 14.5 Å². The zero-order valence-corrected chi connectivity index (χ0v) is 15.4. The van der Waals surface area contributed by atoms with Crippen LogP contribution in [-0.2, 0) is 9.59 Å². The number of halogens is 2. The minimum Gasteiger partial charge on any atom is -0.497 e. The number of likely N-dealkylation sites (tertiary alicyclic amines) is 1. The van der Waals surface area contributed by atoms with Gasteiger partial charge in [0.1, 0.15) is 5.75 Å². The van der Waals surface area contributed by atoms with E-state index in [1.165, 1.54) is 6.07 Å². The van der Waals surface area contributed by atoms with Crippen LogP contribution >= 0.6 is 0 Å². The molecule has 2 amide bonds. The van der Waals surface area contributed by atoms with Gasteiger partial charge < -0.3 is 15.4 Å². The fraction of sp³-hybridized carbons (Fsp3) is 0.300. The van der Waals surface area contributed by atoms with E-state index >= 15 is 0 Å². The Hall–Kier alpha value is -3.00. The fourth-order valence-corrected chi connectivity index (χ4v) is 3.17. The Labute approximate surface area is 161 Å². The normalized spacial score (nSPS) is 16.6. The van der Waals surface area contributed by atoms with Crippen molar-refractivity contribution in [1.82, 2.24) is 4.90 Å². The highest BCUT2D eigenvalue weighted by atomic mass is 19.2. The van der Waals surface area contributed by atoms with Gasteiger partial charge in [-0.15, -0.1) is 0 Å². The molecule has 1 fully saturated rings. The molecule has 1 atom stereocenters. The number of carbonyl (C=O) groups excluding carboxylic acids is 2. The first-order valence-corrected chi connectivity index (χ1v) is 8.90. The zero-order valence-electron chi connectivity index (χ0n) is 15.4. The number of benzene rings is 2. The second-order valence-electron chi connectivity index (χ2n) is 6.52. The van der Waals surface area contributed by atoms with E-state index in [0.29, 0.717) is 24.4 Å². The van der Waals surface area contributed by atoms with E-state index in [0.717, 1.165) is 18.6 Å². The summed E-state index contributed by atoms with van der Waals surface area (Å²) in [5.74, 6) is -1.91. The molecule has 148 valence electrons. The number of carbonyl (C=O) groups is 2. The molecule has 2 N–H and O–H groups in total. The standard InChI is InChI=1S/C20H21F2N3O3/c1-28-15-7-4-13(5-8-15)24-20(27)18-3-2-10-25(18)12-19(26)23-14-6-9-16(21)17(22)11-14/h4-9,11,18H,2-3,10,12H2,1H3,(H,23,26)(H,24,27)/t18-/m1/s1. The average molecular weight is 389 g/mol. The van der Waals surface area contributed by atoms with Crippen molar-refractivity contribution in [2.24, 2.45) is 0 Å². The van der Waals surface area contributed by atoms with Crippen LogP contribution in [0.25, 0.3) is 0 Å². The minimum atomic E-state index is -1.03. The van der Waals surface area contributed by atoms with Crippen LogP contribution in [0.2, 0.25) is 0 Å². The molecule has 6 nitrogen and oxygen atoms in total. The monoisotopic (exact) mass is 389 g/mol. The van der Waals surface area contributed by atoms with E-state index < -0.39 is 23.6 Å². The fourth-order valence-electron chi connectivity index (χ4n) is 3.17. The number of hydrogen-bond donors (Lipinski definition) is 2. The number of nitrogens with one attached hydrogen (secondary N) is 2. The number of anilines is 2. The molecule has 0 saturated carbocycles. The van der Waals surface area contributed by atoms with Crippen LogP contribution < -0.4 is 15.4 Å². The van der Waals surface area contributed by atoms with Crippen molar-refractivity contribution in [3.63, 3.8) is 0 Å². The Balaban J connectivity index is 1.57. The van der Waals surface area contributed by atoms with Gasteiger partial charge in [-0.25, -0.2) is 8.78 Å². The van der Waals surface area contributed by atoms with Crippen molar-refractivity contribution < 1.29 is 23.1 Å². The van der Waals surface area contributed by atoms with Gasteiger partial charge >= 0.3 is 0 Å². The molecule has 1 aliphatic rings. The summed E-state index contributed by atoms with van der Waals surface area (Å²) in [4.78, 5) is 26.6. The first-order chi connectivity index (χ1) is 13.5. The molecule has 1 aliphatic heterocycles. The van der Waals surface area contributed by atoms with Gasteiger partial charge in [0.2, 0.25) is 11.8 Å². The van der Waals surface area contributed by atoms with Gasteiger partial charge in [0.05, 0.1) is 19.7 Å². The minimum absolute atomic E-state index is 0.0142. The molecule has 2 aromatic rings. The second kappa shape index (κ2) is 8.79. The summed E-state index contributed by atoms with van der Waals surface area (Å²) in [5, 5.41) is 5.37. The van der Waals surface area contributed by atoms with E-state index in [4.69, 9.17) is 4.74 Å². The van der Waals surface area contributed by atoms with Crippen LogP contribution in [0, 0.1) is 11.6 Å². The van der Waals surface area contributed by atoms with E-state index in [1.807, 2.05) is 0 Å². The molecule has 1 heterocycles. The number of rotatable bonds is 6. The van der Waals surface area contributed by atoms with E-state index in [2.05, 4.69) is 10.6 Å². The summed E-state index contributed by atoms with van der Waals surface area (Å²) in [6.07, 6.45) is 1.43. The van der Waals surface area contributed by atoms with Gasteiger partial charge in [-0.2, -0.15) is 0 Å². The van der Waals surface area contributed by atoms with Crippen LogP contribution in [0.4, 0.5) is 20.2 Å². The number of hydrogen-bond acceptors (Lipinski definition) is 4. The van der Waals surface area contributed by atoms with Crippen LogP contribution in [0.15, 0.2) is 42.5 Å². The predicted molar refractivity (Wildman–Crippen MR) is 101 cm³/mol. The average Bonchev–Trinajstić information content (AvgIpc) is 3.13. The summed E-state index contributed by atoms with van der Waals surface area (Å²) < 4.78 is 31.3. The van der Waals surface area contributed by atoms with Crippen molar-refractivity contribution in [3.05, 3.63) is 54.1 Å². The number of ether oxygens (including phenoxy) is 1. The second-order valence-corrected chi connectivity index (χ2v) is 6.52. The lowest BCUT2D eigenvalue weighted by Crippen LogP contribution is -2.43. The third kappa shape index (κ3) is 4.83. The number of nitrogens with zero attached hydrogens (tertiary/aromatic N) is 1. The summed E-state index contributed by atoms with van der Waals surface area (Å²) in [5.41, 5.74) is 0.811. The Morgan fingerprint density at radius 3 is 2.46 bits per heavy atom. The van der Waals surface area contributed by atoms with Gasteiger partial charge in [-0.05, 0) is 55.8 Å². The van der Waals surface area contributed by atoms with Crippen LogP contribution in [-0.4, -0.2) is 43.0 Å². The molecular weight excluding hydrogens is 368 g/mol. The lowest BCUT2D eigenvalue weighted by molar-refractivity contribution is -0.122. The maximum Gasteiger partial charge on any atom is 0.241 e. The maximum atomic E-state index is 13.3. The number of methoxy groups -OCH3 is 1. The van der Waals surface area contributed by atoms with Gasteiger partial charge in [0.15, 0.2) is 11.6 Å². The smallest absolute Gasteiger partial charge is 0.241 e. The molecule has 0 spiro atoms. The molecule has 0 radical (unpaired) electrons. The lowest BCUT2D eigenvalue weighted by atomic mass is 10.2. The van der Waals surface area contributed by atoms with Crippen molar-refractivity contribution in [1.29, 1.82) is 0 Å². The molecule has 8 heteroatoms.